The van der Waals surface area contributed by atoms with Gasteiger partial charge in [0.2, 0.25) is 5.89 Å². The maximum Gasteiger partial charge on any atom is 0.260 e. The summed E-state index contributed by atoms with van der Waals surface area (Å²) in [5.41, 5.74) is 0. The normalized spacial score (nSPS) is 14.9. The number of halogens is 1. The minimum absolute atomic E-state index is 0.0700. The number of benzene rings is 1. The van der Waals surface area contributed by atoms with E-state index in [1.54, 1.807) is 4.90 Å². The lowest BCUT2D eigenvalue weighted by molar-refractivity contribution is -0.138. The van der Waals surface area contributed by atoms with Crippen LogP contribution >= 0.6 is 0 Å². The third-order valence-electron chi connectivity index (χ3n) is 3.73. The Morgan fingerprint density at radius 2 is 2.09 bits per heavy atom. The summed E-state index contributed by atoms with van der Waals surface area (Å²) in [6.07, 6.45) is 0. The Kier molecular flexibility index (Phi) is 4.27. The molecule has 1 aliphatic heterocycles. The molecule has 0 radical (unpaired) electrons. The van der Waals surface area contributed by atoms with Gasteiger partial charge in [-0.2, -0.15) is 4.98 Å². The molecule has 23 heavy (non-hydrogen) atoms. The number of likely N-dealkylation sites (tertiary alicyclic amines) is 1. The van der Waals surface area contributed by atoms with Gasteiger partial charge in [-0.05, 0) is 24.3 Å². The highest BCUT2D eigenvalue weighted by Crippen LogP contribution is 2.26. The van der Waals surface area contributed by atoms with Crippen molar-refractivity contribution in [3.8, 4) is 5.75 Å². The summed E-state index contributed by atoms with van der Waals surface area (Å²) in [5.74, 6) is 1.58. The molecule has 0 aliphatic carbocycles. The van der Waals surface area contributed by atoms with E-state index < -0.39 is 0 Å². The number of hydrogen-bond donors (Lipinski definition) is 0. The van der Waals surface area contributed by atoms with Crippen LogP contribution < -0.4 is 4.74 Å². The highest BCUT2D eigenvalue weighted by atomic mass is 19.1. The maximum absolute atomic E-state index is 12.8. The Labute approximate surface area is 133 Å². The van der Waals surface area contributed by atoms with Gasteiger partial charge in [0.05, 0.1) is 5.92 Å². The van der Waals surface area contributed by atoms with Gasteiger partial charge in [0, 0.05) is 19.0 Å². The van der Waals surface area contributed by atoms with Crippen LogP contribution in [-0.2, 0) is 4.79 Å². The quantitative estimate of drug-likeness (QED) is 0.846. The molecule has 1 aromatic carbocycles. The molecule has 2 heterocycles. The van der Waals surface area contributed by atoms with Crippen LogP contribution in [0.15, 0.2) is 28.8 Å². The molecule has 1 aliphatic rings. The van der Waals surface area contributed by atoms with Crippen LogP contribution in [0, 0.1) is 5.82 Å². The third kappa shape index (κ3) is 3.49. The number of rotatable bonds is 5. The standard InChI is InChI=1S/C16H18FN3O3/c1-10(2)15-18-16(23-19-15)11-7-20(8-11)14(21)9-22-13-5-3-12(17)4-6-13/h3-6,10-11H,7-9H2,1-2H3. The van der Waals surface area contributed by atoms with Crippen molar-refractivity contribution in [2.75, 3.05) is 19.7 Å². The Morgan fingerprint density at radius 3 is 2.70 bits per heavy atom. The molecule has 7 heteroatoms. The van der Waals surface area contributed by atoms with E-state index in [2.05, 4.69) is 10.1 Å². The van der Waals surface area contributed by atoms with E-state index >= 15 is 0 Å². The number of hydrogen-bond acceptors (Lipinski definition) is 5. The Morgan fingerprint density at radius 1 is 1.39 bits per heavy atom. The molecule has 0 spiro atoms. The van der Waals surface area contributed by atoms with E-state index in [1.165, 1.54) is 24.3 Å². The second-order valence-corrected chi connectivity index (χ2v) is 5.88. The first-order valence-corrected chi connectivity index (χ1v) is 7.52. The van der Waals surface area contributed by atoms with Gasteiger partial charge in [-0.1, -0.05) is 19.0 Å². The average Bonchev–Trinajstić information content (AvgIpc) is 2.95. The van der Waals surface area contributed by atoms with Crippen molar-refractivity contribution in [2.45, 2.75) is 25.7 Å². The van der Waals surface area contributed by atoms with Gasteiger partial charge < -0.3 is 14.2 Å². The summed E-state index contributed by atoms with van der Waals surface area (Å²) < 4.78 is 23.4. The molecule has 1 saturated heterocycles. The largest absolute Gasteiger partial charge is 0.484 e. The summed E-state index contributed by atoms with van der Waals surface area (Å²) >= 11 is 0. The van der Waals surface area contributed by atoms with Crippen LogP contribution in [0.3, 0.4) is 0 Å². The van der Waals surface area contributed by atoms with Crippen molar-refractivity contribution in [2.24, 2.45) is 0 Å². The fraction of sp³-hybridized carbons (Fsp3) is 0.438. The molecule has 0 N–H and O–H groups in total. The highest BCUT2D eigenvalue weighted by Gasteiger charge is 2.35. The molecule has 6 nitrogen and oxygen atoms in total. The zero-order valence-electron chi connectivity index (χ0n) is 13.0. The Bertz CT molecular complexity index is 678. The summed E-state index contributed by atoms with van der Waals surface area (Å²) in [6.45, 7) is 5.02. The zero-order chi connectivity index (χ0) is 16.4. The molecule has 0 atom stereocenters. The van der Waals surface area contributed by atoms with Crippen molar-refractivity contribution >= 4 is 5.91 Å². The van der Waals surface area contributed by atoms with Crippen LogP contribution in [0.25, 0.3) is 0 Å². The summed E-state index contributed by atoms with van der Waals surface area (Å²) in [7, 11) is 0. The summed E-state index contributed by atoms with van der Waals surface area (Å²) in [4.78, 5) is 18.0. The number of ether oxygens (including phenoxy) is 1. The third-order valence-corrected chi connectivity index (χ3v) is 3.73. The van der Waals surface area contributed by atoms with Crippen LogP contribution in [0.4, 0.5) is 4.39 Å². The minimum atomic E-state index is -0.338. The monoisotopic (exact) mass is 319 g/mol. The van der Waals surface area contributed by atoms with Crippen molar-refractivity contribution in [1.82, 2.24) is 15.0 Å². The minimum Gasteiger partial charge on any atom is -0.484 e. The van der Waals surface area contributed by atoms with E-state index in [9.17, 15) is 9.18 Å². The van der Waals surface area contributed by atoms with Gasteiger partial charge in [-0.25, -0.2) is 4.39 Å². The fourth-order valence-electron chi connectivity index (χ4n) is 2.25. The second kappa shape index (κ2) is 6.36. The van der Waals surface area contributed by atoms with E-state index in [0.29, 0.717) is 30.6 Å². The van der Waals surface area contributed by atoms with Gasteiger partial charge in [-0.15, -0.1) is 0 Å². The molecule has 1 aromatic heterocycles. The average molecular weight is 319 g/mol. The number of aromatic nitrogens is 2. The molecular formula is C16H18FN3O3. The maximum atomic E-state index is 12.8. The zero-order valence-corrected chi connectivity index (χ0v) is 13.0. The molecule has 0 saturated carbocycles. The van der Waals surface area contributed by atoms with Gasteiger partial charge in [0.1, 0.15) is 11.6 Å². The number of carbonyl (C=O) groups excluding carboxylic acids is 1. The van der Waals surface area contributed by atoms with Gasteiger partial charge >= 0.3 is 0 Å². The molecule has 122 valence electrons. The molecule has 2 aromatic rings. The Hall–Kier alpha value is -2.44. The summed E-state index contributed by atoms with van der Waals surface area (Å²) in [6, 6.07) is 5.57. The lowest BCUT2D eigenvalue weighted by atomic mass is 10.00. The number of amides is 1. The van der Waals surface area contributed by atoms with Crippen LogP contribution in [0.1, 0.15) is 37.4 Å². The predicted molar refractivity (Wildman–Crippen MR) is 79.6 cm³/mol. The van der Waals surface area contributed by atoms with Gasteiger partial charge in [0.15, 0.2) is 12.4 Å². The Balaban J connectivity index is 1.46. The first kappa shape index (κ1) is 15.5. The van der Waals surface area contributed by atoms with Crippen molar-refractivity contribution in [3.63, 3.8) is 0 Å². The van der Waals surface area contributed by atoms with E-state index in [0.717, 1.165) is 0 Å². The molecule has 0 bridgehead atoms. The van der Waals surface area contributed by atoms with Crippen molar-refractivity contribution in [3.05, 3.63) is 41.8 Å². The topological polar surface area (TPSA) is 68.5 Å². The van der Waals surface area contributed by atoms with Crippen molar-refractivity contribution < 1.29 is 18.4 Å². The van der Waals surface area contributed by atoms with E-state index in [-0.39, 0.29) is 30.2 Å². The molecule has 3 rings (SSSR count). The van der Waals surface area contributed by atoms with E-state index in [4.69, 9.17) is 9.26 Å². The molecular weight excluding hydrogens is 301 g/mol. The highest BCUT2D eigenvalue weighted by molar-refractivity contribution is 5.78. The number of carbonyl (C=O) groups is 1. The van der Waals surface area contributed by atoms with Gasteiger partial charge in [0.25, 0.3) is 5.91 Å². The van der Waals surface area contributed by atoms with Crippen LogP contribution in [0.5, 0.6) is 5.75 Å². The smallest absolute Gasteiger partial charge is 0.260 e. The first-order valence-electron chi connectivity index (χ1n) is 7.52. The van der Waals surface area contributed by atoms with E-state index in [1.807, 2.05) is 13.8 Å². The van der Waals surface area contributed by atoms with Crippen LogP contribution in [-0.4, -0.2) is 40.6 Å². The molecule has 0 unspecified atom stereocenters. The lowest BCUT2D eigenvalue weighted by Gasteiger charge is -2.36. The predicted octanol–water partition coefficient (Wildman–Crippen LogP) is 2.34. The second-order valence-electron chi connectivity index (χ2n) is 5.88. The van der Waals surface area contributed by atoms with Crippen LogP contribution in [0.2, 0.25) is 0 Å². The molecule has 1 fully saturated rings. The number of nitrogens with zero attached hydrogens (tertiary/aromatic N) is 3. The SMILES string of the molecule is CC(C)c1noc(C2CN(C(=O)COc3ccc(F)cc3)C2)n1. The first-order chi connectivity index (χ1) is 11.0. The lowest BCUT2D eigenvalue weighted by Crippen LogP contribution is -2.50. The fourth-order valence-corrected chi connectivity index (χ4v) is 2.25. The summed E-state index contributed by atoms with van der Waals surface area (Å²) in [5, 5.41) is 3.93. The van der Waals surface area contributed by atoms with Crippen molar-refractivity contribution in [1.29, 1.82) is 0 Å². The van der Waals surface area contributed by atoms with Gasteiger partial charge in [-0.3, -0.25) is 4.79 Å². The molecule has 1 amide bonds.